The van der Waals surface area contributed by atoms with E-state index in [0.717, 1.165) is 94.5 Å². The van der Waals surface area contributed by atoms with Crippen LogP contribution in [0.5, 0.6) is 0 Å². The average Bonchev–Trinajstić information content (AvgIpc) is 3.35. The summed E-state index contributed by atoms with van der Waals surface area (Å²) in [5, 5.41) is 6.68. The van der Waals surface area contributed by atoms with Gasteiger partial charge >= 0.3 is 5.97 Å². The van der Waals surface area contributed by atoms with Gasteiger partial charge < -0.3 is 31.7 Å². The number of carbonyl (C=O) groups is 2. The Kier molecular flexibility index (Phi) is 14.9. The number of hydrogen-bond donors (Lipinski definition) is 4. The molecule has 8 nitrogen and oxygen atoms in total. The van der Waals surface area contributed by atoms with Crippen LogP contribution in [-0.4, -0.2) is 75.7 Å². The molecule has 8 heteroatoms. The van der Waals surface area contributed by atoms with Crippen LogP contribution in [0.1, 0.15) is 118 Å². The van der Waals surface area contributed by atoms with Gasteiger partial charge in [0.05, 0.1) is 7.11 Å². The second-order valence-electron chi connectivity index (χ2n) is 15.1. The molecule has 0 radical (unpaired) electrons. The zero-order chi connectivity index (χ0) is 30.9. The lowest BCUT2D eigenvalue weighted by Gasteiger charge is -2.61. The Labute approximate surface area is 269 Å². The first-order valence-corrected chi connectivity index (χ1v) is 17.9. The molecule has 0 aliphatic heterocycles. The smallest absolute Gasteiger partial charge is 0.325 e. The van der Waals surface area contributed by atoms with Crippen molar-refractivity contribution >= 4 is 11.9 Å². The molecule has 6 N–H and O–H groups in total. The maximum absolute atomic E-state index is 12.2. The Morgan fingerprint density at radius 3 is 2.25 bits per heavy atom. The van der Waals surface area contributed by atoms with Crippen molar-refractivity contribution in [1.29, 1.82) is 0 Å². The third-order valence-corrected chi connectivity index (χ3v) is 12.9. The molecule has 4 saturated carbocycles. The predicted molar refractivity (Wildman–Crippen MR) is 181 cm³/mol. The number of esters is 1. The van der Waals surface area contributed by atoms with Gasteiger partial charge in [-0.3, -0.25) is 9.59 Å². The summed E-state index contributed by atoms with van der Waals surface area (Å²) in [6, 6.07) is 0.686. The summed E-state index contributed by atoms with van der Waals surface area (Å²) in [5.74, 6) is 3.84. The Balaban J connectivity index is 0.00000529. The minimum Gasteiger partial charge on any atom is -0.468 e. The highest BCUT2D eigenvalue weighted by Gasteiger charge is 2.59. The van der Waals surface area contributed by atoms with Gasteiger partial charge in [-0.15, -0.1) is 0 Å². The van der Waals surface area contributed by atoms with Gasteiger partial charge in [0.15, 0.2) is 0 Å². The van der Waals surface area contributed by atoms with Gasteiger partial charge in [0.1, 0.15) is 6.54 Å². The van der Waals surface area contributed by atoms with E-state index < -0.39 is 0 Å². The molecular weight excluding hydrogens is 550 g/mol. The van der Waals surface area contributed by atoms with E-state index in [1.54, 1.807) is 0 Å². The largest absolute Gasteiger partial charge is 0.468 e. The lowest BCUT2D eigenvalue weighted by molar-refractivity contribution is -0.141. The van der Waals surface area contributed by atoms with E-state index in [4.69, 9.17) is 11.5 Å². The molecule has 8 unspecified atom stereocenters. The number of nitrogens with zero attached hydrogens (tertiary/aromatic N) is 1. The van der Waals surface area contributed by atoms with Crippen molar-refractivity contribution in [2.45, 2.75) is 124 Å². The number of rotatable bonds is 17. The van der Waals surface area contributed by atoms with E-state index in [9.17, 15) is 9.59 Å². The van der Waals surface area contributed by atoms with E-state index in [2.05, 4.69) is 34.1 Å². The number of nitrogens with one attached hydrogen (secondary N) is 2. The van der Waals surface area contributed by atoms with Gasteiger partial charge in [0, 0.05) is 12.5 Å². The molecule has 0 spiro atoms. The summed E-state index contributed by atoms with van der Waals surface area (Å²) in [7, 11) is 1.35. The van der Waals surface area contributed by atoms with E-state index in [1.165, 1.54) is 71.3 Å². The zero-order valence-corrected chi connectivity index (χ0v) is 27.8. The second kappa shape index (κ2) is 17.6. The van der Waals surface area contributed by atoms with E-state index in [0.29, 0.717) is 23.3 Å². The molecule has 0 aromatic heterocycles. The van der Waals surface area contributed by atoms with Gasteiger partial charge in [-0.25, -0.2) is 0 Å². The third-order valence-electron chi connectivity index (χ3n) is 12.9. The van der Waals surface area contributed by atoms with Crippen LogP contribution in [0.3, 0.4) is 0 Å². The quantitative estimate of drug-likeness (QED) is 0.132. The van der Waals surface area contributed by atoms with Crippen molar-refractivity contribution in [3.8, 4) is 0 Å². The third kappa shape index (κ3) is 8.98. The number of amides is 1. The summed E-state index contributed by atoms with van der Waals surface area (Å²) in [5.41, 5.74) is 12.5. The molecule has 44 heavy (non-hydrogen) atoms. The highest BCUT2D eigenvalue weighted by molar-refractivity contribution is 5.81. The van der Waals surface area contributed by atoms with Crippen molar-refractivity contribution in [2.75, 3.05) is 52.9 Å². The first-order valence-electron chi connectivity index (χ1n) is 17.9. The molecule has 4 rings (SSSR count). The molecule has 0 heterocycles. The molecule has 0 bridgehead atoms. The summed E-state index contributed by atoms with van der Waals surface area (Å²) in [6.45, 7) is 11.3. The summed E-state index contributed by atoms with van der Waals surface area (Å²) >= 11 is 0. The predicted octanol–water partition coefficient (Wildman–Crippen LogP) is 5.09. The van der Waals surface area contributed by atoms with Crippen LogP contribution in [0.15, 0.2) is 0 Å². The maximum Gasteiger partial charge on any atom is 0.325 e. The fourth-order valence-corrected chi connectivity index (χ4v) is 10.4. The minimum atomic E-state index is -0.389. The number of ether oxygens (including phenoxy) is 1. The Morgan fingerprint density at radius 2 is 1.55 bits per heavy atom. The van der Waals surface area contributed by atoms with Crippen LogP contribution in [0, 0.1) is 40.4 Å². The lowest BCUT2D eigenvalue weighted by atomic mass is 9.44. The first kappa shape index (κ1) is 37.2. The lowest BCUT2D eigenvalue weighted by Crippen LogP contribution is -2.55. The van der Waals surface area contributed by atoms with E-state index >= 15 is 0 Å². The summed E-state index contributed by atoms with van der Waals surface area (Å²) in [4.78, 5) is 26.1. The van der Waals surface area contributed by atoms with Crippen LogP contribution in [-0.2, 0) is 14.3 Å². The topological polar surface area (TPSA) is 123 Å². The molecule has 4 aliphatic rings. The molecule has 4 aliphatic carbocycles. The van der Waals surface area contributed by atoms with Crippen molar-refractivity contribution < 1.29 is 14.3 Å². The normalized spacial score (nSPS) is 34.4. The number of fused-ring (bicyclic) bond motifs is 5. The number of carbonyl (C=O) groups excluding carboxylic acids is 2. The summed E-state index contributed by atoms with van der Waals surface area (Å²) < 4.78 is 4.63. The molecule has 0 aromatic rings. The van der Waals surface area contributed by atoms with E-state index in [1.807, 2.05) is 0 Å². The van der Waals surface area contributed by atoms with Crippen LogP contribution in [0.4, 0.5) is 0 Å². The van der Waals surface area contributed by atoms with Crippen molar-refractivity contribution in [2.24, 2.45) is 51.9 Å². The highest BCUT2D eigenvalue weighted by Crippen LogP contribution is 2.67. The molecular formula is C36H69N5O3. The molecule has 8 atom stereocenters. The van der Waals surface area contributed by atoms with Crippen molar-refractivity contribution in [3.05, 3.63) is 0 Å². The maximum atomic E-state index is 12.2. The monoisotopic (exact) mass is 620 g/mol. The standard InChI is InChI=1S/C35H65N5O3.CH4/c1-34-17-15-31-29(30(34)13-11-26(34)8-4-9-32(41)39-25-33(42)43-3)12-10-27-24-28(14-16-35(27,31)2)38-20-7-23-40(21-5-18-36)22-6-19-37;/h26-31,38H,4-25,36-37H2,1-3H3,(H,39,41);1H4. The molecule has 4 fully saturated rings. The van der Waals surface area contributed by atoms with Crippen LogP contribution >= 0.6 is 0 Å². The van der Waals surface area contributed by atoms with E-state index in [-0.39, 0.29) is 25.8 Å². The number of nitrogens with two attached hydrogens (primary N) is 2. The molecule has 0 saturated heterocycles. The summed E-state index contributed by atoms with van der Waals surface area (Å²) in [6.07, 6.45) is 18.3. The Bertz CT molecular complexity index is 880. The minimum absolute atomic E-state index is 0. The van der Waals surface area contributed by atoms with Crippen LogP contribution in [0.25, 0.3) is 0 Å². The Hall–Kier alpha value is -1.22. The van der Waals surface area contributed by atoms with Crippen molar-refractivity contribution in [1.82, 2.24) is 15.5 Å². The van der Waals surface area contributed by atoms with Gasteiger partial charge in [-0.05, 0) is 170 Å². The number of hydrogen-bond acceptors (Lipinski definition) is 7. The Morgan fingerprint density at radius 1 is 0.864 bits per heavy atom. The average molecular weight is 620 g/mol. The fourth-order valence-electron chi connectivity index (χ4n) is 10.4. The van der Waals surface area contributed by atoms with Crippen LogP contribution in [0.2, 0.25) is 0 Å². The molecule has 256 valence electrons. The van der Waals surface area contributed by atoms with Gasteiger partial charge in [0.25, 0.3) is 0 Å². The SMILES string of the molecule is C.COC(=O)CNC(=O)CCCC1CCC2C3CCC4CC(NCCCN(CCCN)CCCN)CCC4(C)C3CCC12C. The second-order valence-corrected chi connectivity index (χ2v) is 15.1. The van der Waals surface area contributed by atoms with Gasteiger partial charge in [-0.2, -0.15) is 0 Å². The van der Waals surface area contributed by atoms with Crippen LogP contribution < -0.4 is 22.1 Å². The first-order chi connectivity index (χ1) is 20.7. The van der Waals surface area contributed by atoms with Gasteiger partial charge in [-0.1, -0.05) is 21.3 Å². The molecule has 0 aromatic carbocycles. The molecule has 1 amide bonds. The highest BCUT2D eigenvalue weighted by atomic mass is 16.5. The van der Waals surface area contributed by atoms with Crippen molar-refractivity contribution in [3.63, 3.8) is 0 Å². The zero-order valence-electron chi connectivity index (χ0n) is 27.8. The fraction of sp³-hybridized carbons (Fsp3) is 0.944. The number of methoxy groups -OCH3 is 1. The van der Waals surface area contributed by atoms with Gasteiger partial charge in [0.2, 0.25) is 5.91 Å².